The van der Waals surface area contributed by atoms with Crippen molar-refractivity contribution in [3.63, 3.8) is 0 Å². The van der Waals surface area contributed by atoms with Gasteiger partial charge >= 0.3 is 0 Å². The smallest absolute Gasteiger partial charge is 0.237 e. The molecule has 1 saturated heterocycles. The lowest BCUT2D eigenvalue weighted by Crippen LogP contribution is -2.44. The van der Waals surface area contributed by atoms with E-state index in [1.807, 2.05) is 18.5 Å². The van der Waals surface area contributed by atoms with E-state index in [0.717, 1.165) is 19.5 Å². The Hall–Kier alpha value is -1.42. The molecule has 0 radical (unpaired) electrons. The topological polar surface area (TPSA) is 54.0 Å². The van der Waals surface area contributed by atoms with E-state index < -0.39 is 0 Å². The Labute approximate surface area is 108 Å². The lowest BCUT2D eigenvalue weighted by atomic mass is 9.87. The third-order valence-electron chi connectivity index (χ3n) is 3.64. The van der Waals surface area contributed by atoms with Gasteiger partial charge in [-0.3, -0.25) is 9.78 Å². The fourth-order valence-electron chi connectivity index (χ4n) is 2.38. The molecule has 1 atom stereocenters. The van der Waals surface area contributed by atoms with Gasteiger partial charge in [0.05, 0.1) is 6.04 Å². The van der Waals surface area contributed by atoms with Gasteiger partial charge in [-0.25, -0.2) is 0 Å². The molecule has 0 saturated carbocycles. The van der Waals surface area contributed by atoms with Gasteiger partial charge in [-0.2, -0.15) is 0 Å². The molecule has 4 heteroatoms. The van der Waals surface area contributed by atoms with Gasteiger partial charge in [0.25, 0.3) is 0 Å². The minimum absolute atomic E-state index is 0.00955. The molecule has 1 aromatic heterocycles. The molecule has 1 aliphatic heterocycles. The van der Waals surface area contributed by atoms with Crippen molar-refractivity contribution in [2.75, 3.05) is 13.1 Å². The second-order valence-electron chi connectivity index (χ2n) is 5.65. The van der Waals surface area contributed by atoms with Gasteiger partial charge in [0.15, 0.2) is 0 Å². The minimum Gasteiger partial charge on any atom is -0.354 e. The average molecular weight is 247 g/mol. The highest BCUT2D eigenvalue weighted by atomic mass is 16.2. The summed E-state index contributed by atoms with van der Waals surface area (Å²) in [7, 11) is 0. The van der Waals surface area contributed by atoms with Crippen LogP contribution in [0.3, 0.4) is 0 Å². The number of pyridine rings is 1. The molecule has 1 fully saturated rings. The SMILES string of the molecule is Cc1cnccc1CCNC1C(=O)NCC1(C)C. The van der Waals surface area contributed by atoms with Crippen LogP contribution in [-0.2, 0) is 11.2 Å². The van der Waals surface area contributed by atoms with Crippen LogP contribution >= 0.6 is 0 Å². The first-order chi connectivity index (χ1) is 8.50. The summed E-state index contributed by atoms with van der Waals surface area (Å²) < 4.78 is 0. The molecule has 4 nitrogen and oxygen atoms in total. The third kappa shape index (κ3) is 2.70. The lowest BCUT2D eigenvalue weighted by Gasteiger charge is -2.24. The van der Waals surface area contributed by atoms with E-state index in [1.165, 1.54) is 11.1 Å². The molecule has 2 N–H and O–H groups in total. The molecular formula is C14H21N3O. The van der Waals surface area contributed by atoms with Crippen molar-refractivity contribution in [1.82, 2.24) is 15.6 Å². The predicted octanol–water partition coefficient (Wildman–Crippen LogP) is 1.05. The van der Waals surface area contributed by atoms with Crippen LogP contribution < -0.4 is 10.6 Å². The minimum atomic E-state index is -0.0837. The molecule has 0 bridgehead atoms. The number of aromatic nitrogens is 1. The van der Waals surface area contributed by atoms with Crippen molar-refractivity contribution in [1.29, 1.82) is 0 Å². The summed E-state index contributed by atoms with van der Waals surface area (Å²) in [5.41, 5.74) is 2.48. The highest BCUT2D eigenvalue weighted by Crippen LogP contribution is 2.24. The lowest BCUT2D eigenvalue weighted by molar-refractivity contribution is -0.121. The Morgan fingerprint density at radius 2 is 2.33 bits per heavy atom. The van der Waals surface area contributed by atoms with E-state index in [9.17, 15) is 4.79 Å². The second kappa shape index (κ2) is 5.06. The first-order valence-corrected chi connectivity index (χ1v) is 6.41. The van der Waals surface area contributed by atoms with E-state index in [1.54, 1.807) is 0 Å². The van der Waals surface area contributed by atoms with Gasteiger partial charge in [-0.05, 0) is 37.1 Å². The summed E-state index contributed by atoms with van der Waals surface area (Å²) in [5, 5.41) is 6.27. The Bertz CT molecular complexity index is 442. The van der Waals surface area contributed by atoms with Crippen LogP contribution in [-0.4, -0.2) is 30.0 Å². The zero-order valence-corrected chi connectivity index (χ0v) is 11.3. The zero-order valence-electron chi connectivity index (χ0n) is 11.3. The van der Waals surface area contributed by atoms with Gasteiger partial charge in [0, 0.05) is 24.4 Å². The van der Waals surface area contributed by atoms with Gasteiger partial charge in [-0.15, -0.1) is 0 Å². The van der Waals surface area contributed by atoms with Crippen molar-refractivity contribution >= 4 is 5.91 Å². The Kier molecular flexibility index (Phi) is 3.66. The van der Waals surface area contributed by atoms with Crippen LogP contribution in [0.15, 0.2) is 18.5 Å². The monoisotopic (exact) mass is 247 g/mol. The number of hydrogen-bond donors (Lipinski definition) is 2. The van der Waals surface area contributed by atoms with E-state index in [2.05, 4.69) is 36.4 Å². The van der Waals surface area contributed by atoms with Crippen LogP contribution in [0.2, 0.25) is 0 Å². The standard InChI is InChI=1S/C14H21N3O/c1-10-8-15-6-4-11(10)5-7-16-12-13(18)17-9-14(12,2)3/h4,6,8,12,16H,5,7,9H2,1-3H3,(H,17,18). The fraction of sp³-hybridized carbons (Fsp3) is 0.571. The largest absolute Gasteiger partial charge is 0.354 e. The predicted molar refractivity (Wildman–Crippen MR) is 71.3 cm³/mol. The molecule has 1 unspecified atom stereocenters. The van der Waals surface area contributed by atoms with Crippen LogP contribution in [0.1, 0.15) is 25.0 Å². The van der Waals surface area contributed by atoms with Crippen molar-refractivity contribution < 1.29 is 4.79 Å². The number of nitrogens with one attached hydrogen (secondary N) is 2. The van der Waals surface area contributed by atoms with Crippen molar-refractivity contribution in [3.05, 3.63) is 29.6 Å². The average Bonchev–Trinajstić information content (AvgIpc) is 2.58. The van der Waals surface area contributed by atoms with Crippen molar-refractivity contribution in [2.45, 2.75) is 33.2 Å². The summed E-state index contributed by atoms with van der Waals surface area (Å²) in [6.45, 7) is 7.85. The van der Waals surface area contributed by atoms with E-state index in [4.69, 9.17) is 0 Å². The van der Waals surface area contributed by atoms with E-state index in [0.29, 0.717) is 0 Å². The normalized spacial score (nSPS) is 21.9. The maximum Gasteiger partial charge on any atom is 0.237 e. The summed E-state index contributed by atoms with van der Waals surface area (Å²) in [4.78, 5) is 15.8. The number of carbonyl (C=O) groups excluding carboxylic acids is 1. The van der Waals surface area contributed by atoms with Crippen LogP contribution in [0.25, 0.3) is 0 Å². The van der Waals surface area contributed by atoms with Gasteiger partial charge in [-0.1, -0.05) is 13.8 Å². The molecule has 2 rings (SSSR count). The highest BCUT2D eigenvalue weighted by Gasteiger charge is 2.40. The number of rotatable bonds is 4. The molecule has 1 amide bonds. The molecule has 0 aromatic carbocycles. The van der Waals surface area contributed by atoms with Crippen LogP contribution in [0, 0.1) is 12.3 Å². The molecule has 2 heterocycles. The number of aryl methyl sites for hydroxylation is 1. The number of amides is 1. The quantitative estimate of drug-likeness (QED) is 0.836. The second-order valence-corrected chi connectivity index (χ2v) is 5.65. The van der Waals surface area contributed by atoms with Crippen LogP contribution in [0.4, 0.5) is 0 Å². The maximum atomic E-state index is 11.7. The van der Waals surface area contributed by atoms with E-state index >= 15 is 0 Å². The molecular weight excluding hydrogens is 226 g/mol. The number of carbonyl (C=O) groups is 1. The van der Waals surface area contributed by atoms with Crippen molar-refractivity contribution in [2.24, 2.45) is 5.41 Å². The Morgan fingerprint density at radius 3 is 2.94 bits per heavy atom. The first kappa shape index (κ1) is 13.0. The molecule has 1 aromatic rings. The maximum absolute atomic E-state index is 11.7. The molecule has 0 aliphatic carbocycles. The summed E-state index contributed by atoms with van der Waals surface area (Å²) in [5.74, 6) is 0.117. The van der Waals surface area contributed by atoms with Gasteiger partial charge in [0.1, 0.15) is 0 Å². The van der Waals surface area contributed by atoms with Gasteiger partial charge in [0.2, 0.25) is 5.91 Å². The van der Waals surface area contributed by atoms with E-state index in [-0.39, 0.29) is 17.4 Å². The zero-order chi connectivity index (χ0) is 13.2. The Balaban J connectivity index is 1.89. The van der Waals surface area contributed by atoms with Crippen LogP contribution in [0.5, 0.6) is 0 Å². The highest BCUT2D eigenvalue weighted by molar-refractivity contribution is 5.85. The summed E-state index contributed by atoms with van der Waals surface area (Å²) in [6.07, 6.45) is 4.62. The Morgan fingerprint density at radius 1 is 1.56 bits per heavy atom. The third-order valence-corrected chi connectivity index (χ3v) is 3.64. The van der Waals surface area contributed by atoms with Gasteiger partial charge < -0.3 is 10.6 Å². The molecule has 18 heavy (non-hydrogen) atoms. The summed E-state index contributed by atoms with van der Waals surface area (Å²) in [6, 6.07) is 1.95. The number of nitrogens with zero attached hydrogens (tertiary/aromatic N) is 1. The van der Waals surface area contributed by atoms with Crippen molar-refractivity contribution in [3.8, 4) is 0 Å². The molecule has 0 spiro atoms. The fourth-order valence-corrected chi connectivity index (χ4v) is 2.38. The molecule has 98 valence electrons. The number of hydrogen-bond acceptors (Lipinski definition) is 3. The summed E-state index contributed by atoms with van der Waals surface area (Å²) >= 11 is 0. The molecule has 1 aliphatic rings. The first-order valence-electron chi connectivity index (χ1n) is 6.41.